The molecule has 8 nitrogen and oxygen atoms in total. The Morgan fingerprint density at radius 2 is 1.82 bits per heavy atom. The van der Waals surface area contributed by atoms with E-state index in [1.54, 1.807) is 42.5 Å². The number of nitrogens with zero attached hydrogens (tertiary/aromatic N) is 3. The molecule has 0 spiro atoms. The molecule has 0 aliphatic heterocycles. The summed E-state index contributed by atoms with van der Waals surface area (Å²) in [5.41, 5.74) is 7.82. The molecule has 0 aliphatic rings. The Labute approximate surface area is 195 Å². The predicted molar refractivity (Wildman–Crippen MR) is 128 cm³/mol. The highest BCUT2D eigenvalue weighted by molar-refractivity contribution is 7.86. The normalized spacial score (nSPS) is 11.9. The fraction of sp³-hybridized carbons (Fsp3) is 0.125. The first kappa shape index (κ1) is 23.3. The first-order valence-corrected chi connectivity index (χ1v) is 11.8. The Morgan fingerprint density at radius 1 is 1.06 bits per heavy atom. The summed E-state index contributed by atoms with van der Waals surface area (Å²) in [4.78, 5) is 4.02. The molecule has 3 aromatic carbocycles. The molecular formula is C24H21FN4O4S. The van der Waals surface area contributed by atoms with Crippen molar-refractivity contribution >= 4 is 38.0 Å². The molecule has 0 saturated carbocycles. The van der Waals surface area contributed by atoms with E-state index in [1.165, 1.54) is 24.4 Å². The van der Waals surface area contributed by atoms with Gasteiger partial charge in [-0.05, 0) is 42.8 Å². The van der Waals surface area contributed by atoms with Crippen LogP contribution in [0.5, 0.6) is 5.75 Å². The summed E-state index contributed by atoms with van der Waals surface area (Å²) < 4.78 is 52.9. The van der Waals surface area contributed by atoms with Crippen molar-refractivity contribution in [2.75, 3.05) is 12.3 Å². The fourth-order valence-corrected chi connectivity index (χ4v) is 4.12. The average Bonchev–Trinajstić information content (AvgIpc) is 2.82. The number of rotatable bonds is 7. The molecule has 174 valence electrons. The SMILES string of the molecule is CCCOc1ccc(F)cc1-c1ccc(/N=N/c2cc(S(=O)(=O)O)c3ccccc3c2N)cn1. The van der Waals surface area contributed by atoms with E-state index >= 15 is 0 Å². The van der Waals surface area contributed by atoms with Gasteiger partial charge in [0, 0.05) is 16.3 Å². The number of nitrogen functional groups attached to an aromatic ring is 1. The first-order valence-electron chi connectivity index (χ1n) is 10.4. The van der Waals surface area contributed by atoms with Crippen LogP contribution in [0.3, 0.4) is 0 Å². The van der Waals surface area contributed by atoms with E-state index in [9.17, 15) is 17.4 Å². The molecule has 0 aliphatic carbocycles. The van der Waals surface area contributed by atoms with Gasteiger partial charge in [-0.25, -0.2) is 4.39 Å². The van der Waals surface area contributed by atoms with Crippen molar-refractivity contribution in [2.45, 2.75) is 18.2 Å². The van der Waals surface area contributed by atoms with E-state index in [1.807, 2.05) is 6.92 Å². The standard InChI is InChI=1S/C24H21FN4O4S/c1-2-11-33-22-10-7-15(25)12-19(22)20-9-8-16(14-27-20)28-29-21-13-23(34(30,31)32)17-5-3-4-6-18(17)24(21)26/h3-10,12-14H,2,11,26H2,1H3,(H,30,31,32)/b29-28+. The second kappa shape index (κ2) is 9.54. The zero-order valence-corrected chi connectivity index (χ0v) is 19.0. The predicted octanol–water partition coefficient (Wildman–Crippen LogP) is 6.07. The molecule has 1 aromatic heterocycles. The Bertz CT molecular complexity index is 1490. The van der Waals surface area contributed by atoms with Crippen LogP contribution < -0.4 is 10.5 Å². The largest absolute Gasteiger partial charge is 0.493 e. The van der Waals surface area contributed by atoms with Crippen LogP contribution in [0.2, 0.25) is 0 Å². The number of azo groups is 1. The van der Waals surface area contributed by atoms with Gasteiger partial charge in [-0.2, -0.15) is 8.42 Å². The summed E-state index contributed by atoms with van der Waals surface area (Å²) in [6.07, 6.45) is 2.25. The van der Waals surface area contributed by atoms with E-state index in [4.69, 9.17) is 10.5 Å². The molecule has 0 bridgehead atoms. The highest BCUT2D eigenvalue weighted by Gasteiger charge is 2.18. The van der Waals surface area contributed by atoms with Gasteiger partial charge in [0.05, 0.1) is 24.2 Å². The second-order valence-corrected chi connectivity index (χ2v) is 8.81. The average molecular weight is 481 g/mol. The number of nitrogens with two attached hydrogens (primary N) is 1. The molecule has 4 aromatic rings. The van der Waals surface area contributed by atoms with Crippen molar-refractivity contribution in [3.63, 3.8) is 0 Å². The third kappa shape index (κ3) is 4.87. The Balaban J connectivity index is 1.68. The van der Waals surface area contributed by atoms with E-state index in [0.717, 1.165) is 6.42 Å². The summed E-state index contributed by atoms with van der Waals surface area (Å²) in [5, 5.41) is 8.87. The third-order valence-corrected chi connectivity index (χ3v) is 5.90. The van der Waals surface area contributed by atoms with Gasteiger partial charge in [0.2, 0.25) is 0 Å². The van der Waals surface area contributed by atoms with Gasteiger partial charge in [-0.15, -0.1) is 10.2 Å². The van der Waals surface area contributed by atoms with Crippen molar-refractivity contribution in [2.24, 2.45) is 10.2 Å². The zero-order valence-electron chi connectivity index (χ0n) is 18.1. The number of halogens is 1. The molecule has 0 amide bonds. The van der Waals surface area contributed by atoms with Crippen LogP contribution in [0.1, 0.15) is 13.3 Å². The van der Waals surface area contributed by atoms with Crippen LogP contribution in [-0.2, 0) is 10.1 Å². The minimum atomic E-state index is -4.51. The molecule has 0 atom stereocenters. The van der Waals surface area contributed by atoms with Crippen LogP contribution >= 0.6 is 0 Å². The van der Waals surface area contributed by atoms with E-state index in [2.05, 4.69) is 15.2 Å². The van der Waals surface area contributed by atoms with Gasteiger partial charge < -0.3 is 10.5 Å². The molecule has 34 heavy (non-hydrogen) atoms. The molecule has 0 unspecified atom stereocenters. The van der Waals surface area contributed by atoms with Crippen LogP contribution in [0.4, 0.5) is 21.5 Å². The lowest BCUT2D eigenvalue weighted by atomic mass is 10.1. The maximum absolute atomic E-state index is 13.8. The molecule has 10 heteroatoms. The van der Waals surface area contributed by atoms with Crippen molar-refractivity contribution in [1.29, 1.82) is 0 Å². The summed E-state index contributed by atoms with van der Waals surface area (Å²) in [6.45, 7) is 2.46. The topological polar surface area (TPSA) is 127 Å². The van der Waals surface area contributed by atoms with Crippen molar-refractivity contribution < 1.29 is 22.1 Å². The monoisotopic (exact) mass is 480 g/mol. The highest BCUT2D eigenvalue weighted by atomic mass is 32.2. The molecule has 4 rings (SSSR count). The number of ether oxygens (including phenoxy) is 1. The van der Waals surface area contributed by atoms with Crippen molar-refractivity contribution in [3.8, 4) is 17.0 Å². The van der Waals surface area contributed by atoms with Gasteiger partial charge in [0.1, 0.15) is 27.8 Å². The van der Waals surface area contributed by atoms with Gasteiger partial charge >= 0.3 is 0 Å². The summed E-state index contributed by atoms with van der Waals surface area (Å²) in [5.74, 6) is 0.109. The molecule has 0 radical (unpaired) electrons. The van der Waals surface area contributed by atoms with Gasteiger partial charge in [-0.3, -0.25) is 9.54 Å². The Morgan fingerprint density at radius 3 is 2.50 bits per heavy atom. The van der Waals surface area contributed by atoms with Crippen molar-refractivity contribution in [3.05, 3.63) is 72.7 Å². The molecular weight excluding hydrogens is 459 g/mol. The minimum Gasteiger partial charge on any atom is -0.493 e. The van der Waals surface area contributed by atoms with E-state index in [0.29, 0.717) is 34.7 Å². The van der Waals surface area contributed by atoms with Crippen LogP contribution in [0.25, 0.3) is 22.0 Å². The third-order valence-electron chi connectivity index (χ3n) is 5.00. The molecule has 0 saturated heterocycles. The number of aromatic nitrogens is 1. The Kier molecular flexibility index (Phi) is 6.53. The smallest absolute Gasteiger partial charge is 0.295 e. The lowest BCUT2D eigenvalue weighted by molar-refractivity contribution is 0.318. The highest BCUT2D eigenvalue weighted by Crippen LogP contribution is 2.37. The number of fused-ring (bicyclic) bond motifs is 1. The summed E-state index contributed by atoms with van der Waals surface area (Å²) in [6, 6.07) is 15.2. The number of hydrogen-bond acceptors (Lipinski definition) is 7. The van der Waals surface area contributed by atoms with Gasteiger partial charge in [0.15, 0.2) is 0 Å². The lowest BCUT2D eigenvalue weighted by Gasteiger charge is -2.11. The number of hydrogen-bond donors (Lipinski definition) is 2. The fourth-order valence-electron chi connectivity index (χ4n) is 3.40. The van der Waals surface area contributed by atoms with Crippen LogP contribution in [0.15, 0.2) is 82.0 Å². The quantitative estimate of drug-likeness (QED) is 0.188. The Hall–Kier alpha value is -3.89. The zero-order chi connectivity index (χ0) is 24.3. The van der Waals surface area contributed by atoms with E-state index < -0.39 is 15.9 Å². The van der Waals surface area contributed by atoms with Gasteiger partial charge in [0.25, 0.3) is 10.1 Å². The maximum Gasteiger partial charge on any atom is 0.295 e. The summed E-state index contributed by atoms with van der Waals surface area (Å²) in [7, 11) is -4.51. The lowest BCUT2D eigenvalue weighted by Crippen LogP contribution is -2.01. The van der Waals surface area contributed by atoms with Crippen LogP contribution in [-0.4, -0.2) is 24.6 Å². The number of pyridine rings is 1. The van der Waals surface area contributed by atoms with Gasteiger partial charge in [-0.1, -0.05) is 31.2 Å². The summed E-state index contributed by atoms with van der Waals surface area (Å²) >= 11 is 0. The number of benzene rings is 3. The van der Waals surface area contributed by atoms with E-state index in [-0.39, 0.29) is 21.7 Å². The van der Waals surface area contributed by atoms with Crippen LogP contribution in [0, 0.1) is 5.82 Å². The van der Waals surface area contributed by atoms with Crippen molar-refractivity contribution in [1.82, 2.24) is 4.98 Å². The minimum absolute atomic E-state index is 0.0794. The maximum atomic E-state index is 13.8. The molecule has 1 heterocycles. The first-order chi connectivity index (χ1) is 16.3. The molecule has 0 fully saturated rings. The number of anilines is 1. The molecule has 3 N–H and O–H groups in total. The second-order valence-electron chi connectivity index (χ2n) is 7.42.